The van der Waals surface area contributed by atoms with Crippen LogP contribution < -0.4 is 10.6 Å². The van der Waals surface area contributed by atoms with E-state index in [-0.39, 0.29) is 0 Å². The third-order valence-electron chi connectivity index (χ3n) is 4.79. The van der Waals surface area contributed by atoms with Gasteiger partial charge in [-0.2, -0.15) is 4.98 Å². The van der Waals surface area contributed by atoms with E-state index < -0.39 is 0 Å². The van der Waals surface area contributed by atoms with Gasteiger partial charge in [-0.1, -0.05) is 47.1 Å². The van der Waals surface area contributed by atoms with Crippen LogP contribution >= 0.6 is 0 Å². The molecule has 0 amide bonds. The number of hydrogen-bond acceptors (Lipinski definition) is 6. The van der Waals surface area contributed by atoms with E-state index in [1.165, 1.54) is 31.3 Å². The fourth-order valence-corrected chi connectivity index (χ4v) is 3.37. The lowest BCUT2D eigenvalue weighted by molar-refractivity contribution is 0.400. The summed E-state index contributed by atoms with van der Waals surface area (Å²) in [6.45, 7) is 2.69. The van der Waals surface area contributed by atoms with Crippen molar-refractivity contribution in [3.63, 3.8) is 0 Å². The zero-order valence-electron chi connectivity index (χ0n) is 16.1. The SMILES string of the molecule is Cc1cc(Nc2cc(-c3ccccc3)nc(NCCC3=CCCCC3)n2)no1. The first-order valence-electron chi connectivity index (χ1n) is 9.83. The Morgan fingerprint density at radius 1 is 1.04 bits per heavy atom. The summed E-state index contributed by atoms with van der Waals surface area (Å²) < 4.78 is 5.14. The number of aryl methyl sites for hydroxylation is 1. The van der Waals surface area contributed by atoms with E-state index in [0.29, 0.717) is 17.6 Å². The van der Waals surface area contributed by atoms with Crippen LogP contribution in [0.1, 0.15) is 37.9 Å². The summed E-state index contributed by atoms with van der Waals surface area (Å²) in [7, 11) is 0. The molecule has 0 unspecified atom stereocenters. The van der Waals surface area contributed by atoms with Gasteiger partial charge >= 0.3 is 0 Å². The molecular formula is C22H25N5O. The molecule has 1 aromatic carbocycles. The van der Waals surface area contributed by atoms with E-state index in [4.69, 9.17) is 9.51 Å². The minimum absolute atomic E-state index is 0.612. The van der Waals surface area contributed by atoms with Gasteiger partial charge in [0.25, 0.3) is 0 Å². The van der Waals surface area contributed by atoms with Crippen molar-refractivity contribution in [2.75, 3.05) is 17.2 Å². The molecule has 0 spiro atoms. The normalized spacial score (nSPS) is 13.8. The Morgan fingerprint density at radius 2 is 1.93 bits per heavy atom. The summed E-state index contributed by atoms with van der Waals surface area (Å²) in [5.41, 5.74) is 3.44. The van der Waals surface area contributed by atoms with E-state index in [2.05, 4.69) is 26.9 Å². The molecule has 0 aliphatic heterocycles. The number of anilines is 3. The molecule has 2 heterocycles. The monoisotopic (exact) mass is 375 g/mol. The van der Waals surface area contributed by atoms with Crippen molar-refractivity contribution in [3.8, 4) is 11.3 Å². The highest BCUT2D eigenvalue weighted by molar-refractivity contribution is 5.66. The van der Waals surface area contributed by atoms with Crippen molar-refractivity contribution in [3.05, 3.63) is 59.9 Å². The molecule has 0 saturated heterocycles. The summed E-state index contributed by atoms with van der Waals surface area (Å²) >= 11 is 0. The summed E-state index contributed by atoms with van der Waals surface area (Å²) in [5, 5.41) is 10.6. The van der Waals surface area contributed by atoms with E-state index in [0.717, 1.165) is 30.0 Å². The van der Waals surface area contributed by atoms with Gasteiger partial charge in [-0.25, -0.2) is 4.98 Å². The van der Waals surface area contributed by atoms with Crippen molar-refractivity contribution in [2.45, 2.75) is 39.0 Å². The van der Waals surface area contributed by atoms with Gasteiger partial charge in [0.1, 0.15) is 11.6 Å². The second kappa shape index (κ2) is 8.69. The number of benzene rings is 1. The average Bonchev–Trinajstić information content (AvgIpc) is 3.14. The van der Waals surface area contributed by atoms with Gasteiger partial charge in [0.15, 0.2) is 5.82 Å². The Morgan fingerprint density at radius 3 is 2.68 bits per heavy atom. The lowest BCUT2D eigenvalue weighted by Crippen LogP contribution is -2.09. The van der Waals surface area contributed by atoms with Crippen LogP contribution in [0.25, 0.3) is 11.3 Å². The van der Waals surface area contributed by atoms with Gasteiger partial charge in [-0.15, -0.1) is 0 Å². The maximum absolute atomic E-state index is 5.14. The number of aromatic nitrogens is 3. The molecule has 6 heteroatoms. The number of hydrogen-bond donors (Lipinski definition) is 2. The molecule has 2 N–H and O–H groups in total. The highest BCUT2D eigenvalue weighted by Crippen LogP contribution is 2.24. The molecular weight excluding hydrogens is 350 g/mol. The average molecular weight is 375 g/mol. The quantitative estimate of drug-likeness (QED) is 0.532. The highest BCUT2D eigenvalue weighted by atomic mass is 16.5. The predicted octanol–water partition coefficient (Wildman–Crippen LogP) is 5.49. The molecule has 0 bridgehead atoms. The minimum Gasteiger partial charge on any atom is -0.360 e. The maximum atomic E-state index is 5.14. The van der Waals surface area contributed by atoms with Crippen molar-refractivity contribution in [1.29, 1.82) is 0 Å². The predicted molar refractivity (Wildman–Crippen MR) is 112 cm³/mol. The van der Waals surface area contributed by atoms with Crippen LogP contribution in [0, 0.1) is 6.92 Å². The fourth-order valence-electron chi connectivity index (χ4n) is 3.37. The van der Waals surface area contributed by atoms with Crippen molar-refractivity contribution in [2.24, 2.45) is 0 Å². The van der Waals surface area contributed by atoms with Gasteiger partial charge in [0.05, 0.1) is 5.69 Å². The van der Waals surface area contributed by atoms with Crippen LogP contribution in [-0.2, 0) is 0 Å². The topological polar surface area (TPSA) is 75.9 Å². The number of allylic oxidation sites excluding steroid dienone is 1. The first kappa shape index (κ1) is 18.2. The molecule has 6 nitrogen and oxygen atoms in total. The smallest absolute Gasteiger partial charge is 0.225 e. The van der Waals surface area contributed by atoms with Crippen LogP contribution in [0.3, 0.4) is 0 Å². The molecule has 1 aliphatic carbocycles. The van der Waals surface area contributed by atoms with Crippen LogP contribution in [0.4, 0.5) is 17.6 Å². The van der Waals surface area contributed by atoms with E-state index in [1.807, 2.05) is 49.4 Å². The lowest BCUT2D eigenvalue weighted by atomic mass is 9.97. The molecule has 144 valence electrons. The van der Waals surface area contributed by atoms with E-state index >= 15 is 0 Å². The molecule has 1 aliphatic rings. The lowest BCUT2D eigenvalue weighted by Gasteiger charge is -2.14. The van der Waals surface area contributed by atoms with Crippen LogP contribution in [0.15, 0.2) is 58.6 Å². The standard InChI is InChI=1S/C22H25N5O/c1-16-14-21(27-28-16)25-20-15-19(18-10-6-3-7-11-18)24-22(26-20)23-13-12-17-8-4-2-5-9-17/h3,6-8,10-11,14-15H,2,4-5,9,12-13H2,1H3,(H2,23,24,25,26,27). The van der Waals surface area contributed by atoms with Crippen LogP contribution in [0.2, 0.25) is 0 Å². The fraction of sp³-hybridized carbons (Fsp3) is 0.318. The second-order valence-corrected chi connectivity index (χ2v) is 7.06. The molecule has 2 aromatic heterocycles. The van der Waals surface area contributed by atoms with Gasteiger partial charge in [-0.3, -0.25) is 0 Å². The first-order chi connectivity index (χ1) is 13.8. The number of nitrogens with one attached hydrogen (secondary N) is 2. The van der Waals surface area contributed by atoms with E-state index in [1.54, 1.807) is 0 Å². The summed E-state index contributed by atoms with van der Waals surface area (Å²) in [6, 6.07) is 13.9. The third-order valence-corrected chi connectivity index (χ3v) is 4.79. The Hall–Kier alpha value is -3.15. The van der Waals surface area contributed by atoms with Gasteiger partial charge in [-0.05, 0) is 39.0 Å². The molecule has 3 aromatic rings. The van der Waals surface area contributed by atoms with Crippen LogP contribution in [0.5, 0.6) is 0 Å². The van der Waals surface area contributed by atoms with Crippen molar-refractivity contribution in [1.82, 2.24) is 15.1 Å². The Labute approximate surface area is 165 Å². The molecule has 0 saturated carbocycles. The number of rotatable bonds is 7. The van der Waals surface area contributed by atoms with Gasteiger partial charge < -0.3 is 15.2 Å². The Balaban J connectivity index is 1.53. The molecule has 0 fully saturated rings. The Kier molecular flexibility index (Phi) is 5.66. The van der Waals surface area contributed by atoms with Gasteiger partial charge in [0, 0.05) is 24.2 Å². The Bertz CT molecular complexity index is 949. The molecule has 28 heavy (non-hydrogen) atoms. The summed E-state index contributed by atoms with van der Waals surface area (Å²) in [5.74, 6) is 2.68. The number of nitrogens with zero attached hydrogens (tertiary/aromatic N) is 3. The summed E-state index contributed by atoms with van der Waals surface area (Å²) in [6.07, 6.45) is 8.45. The van der Waals surface area contributed by atoms with E-state index in [9.17, 15) is 0 Å². The highest BCUT2D eigenvalue weighted by Gasteiger charge is 2.10. The second-order valence-electron chi connectivity index (χ2n) is 7.06. The largest absolute Gasteiger partial charge is 0.360 e. The summed E-state index contributed by atoms with van der Waals surface area (Å²) in [4.78, 5) is 9.32. The zero-order chi connectivity index (χ0) is 19.2. The molecule has 4 rings (SSSR count). The van der Waals surface area contributed by atoms with Crippen molar-refractivity contribution >= 4 is 17.6 Å². The van der Waals surface area contributed by atoms with Gasteiger partial charge in [0.2, 0.25) is 5.95 Å². The maximum Gasteiger partial charge on any atom is 0.225 e. The molecule has 0 radical (unpaired) electrons. The first-order valence-corrected chi connectivity index (χ1v) is 9.83. The minimum atomic E-state index is 0.612. The third kappa shape index (κ3) is 4.76. The zero-order valence-corrected chi connectivity index (χ0v) is 16.1. The van der Waals surface area contributed by atoms with Crippen molar-refractivity contribution < 1.29 is 4.52 Å². The van der Waals surface area contributed by atoms with Crippen LogP contribution in [-0.4, -0.2) is 21.7 Å². The molecule has 0 atom stereocenters.